The number of fused-ring (bicyclic) bond motifs is 2. The van der Waals surface area contributed by atoms with E-state index in [9.17, 15) is 9.18 Å². The molecule has 0 radical (unpaired) electrons. The predicted molar refractivity (Wildman–Crippen MR) is 121 cm³/mol. The fraction of sp³-hybridized carbons (Fsp3) is 0.333. The van der Waals surface area contributed by atoms with Gasteiger partial charge in [-0.05, 0) is 103 Å². The summed E-state index contributed by atoms with van der Waals surface area (Å²) in [6.07, 6.45) is 12.2. The van der Waals surface area contributed by atoms with E-state index in [1.165, 1.54) is 11.6 Å². The van der Waals surface area contributed by atoms with Crippen molar-refractivity contribution in [2.24, 2.45) is 17.8 Å². The van der Waals surface area contributed by atoms with E-state index in [0.29, 0.717) is 30.1 Å². The Bertz CT molecular complexity index is 1150. The van der Waals surface area contributed by atoms with Crippen molar-refractivity contribution in [3.8, 4) is 12.3 Å². The van der Waals surface area contributed by atoms with Crippen LogP contribution >= 0.6 is 0 Å². The zero-order chi connectivity index (χ0) is 21.4. The van der Waals surface area contributed by atoms with Crippen LogP contribution in [0.5, 0.6) is 0 Å². The summed E-state index contributed by atoms with van der Waals surface area (Å²) >= 11 is 0. The molecule has 1 heterocycles. The molecule has 2 aliphatic carbocycles. The van der Waals surface area contributed by atoms with Gasteiger partial charge in [0.1, 0.15) is 5.82 Å². The van der Waals surface area contributed by atoms with Crippen LogP contribution in [0.1, 0.15) is 49.1 Å². The maximum absolute atomic E-state index is 13.8. The Balaban J connectivity index is 1.20. The van der Waals surface area contributed by atoms with Gasteiger partial charge >= 0.3 is 0 Å². The Morgan fingerprint density at radius 1 is 1.06 bits per heavy atom. The molecule has 31 heavy (non-hydrogen) atoms. The number of carbonyl (C=O) groups is 1. The smallest absolute Gasteiger partial charge is 0.224 e. The molecule has 3 nitrogen and oxygen atoms in total. The summed E-state index contributed by atoms with van der Waals surface area (Å²) in [6.45, 7) is 0. The normalized spacial score (nSPS) is 24.6. The minimum Gasteiger partial charge on any atom is -0.326 e. The average molecular weight is 413 g/mol. The van der Waals surface area contributed by atoms with Crippen LogP contribution in [0, 0.1) is 35.9 Å². The lowest BCUT2D eigenvalue weighted by molar-refractivity contribution is -0.117. The molecule has 4 atom stereocenters. The third kappa shape index (κ3) is 4.05. The number of nitrogens with zero attached hydrogens (tertiary/aromatic N) is 1. The van der Waals surface area contributed by atoms with Crippen LogP contribution in [0.4, 0.5) is 10.1 Å². The van der Waals surface area contributed by atoms with Crippen LogP contribution in [0.25, 0.3) is 10.9 Å². The molecule has 156 valence electrons. The first-order valence-corrected chi connectivity index (χ1v) is 11.0. The highest BCUT2D eigenvalue weighted by atomic mass is 19.1. The van der Waals surface area contributed by atoms with E-state index >= 15 is 0 Å². The molecule has 1 N–H and O–H groups in total. The summed E-state index contributed by atoms with van der Waals surface area (Å²) in [5, 5.41) is 3.94. The molecular weight excluding hydrogens is 387 g/mol. The minimum atomic E-state index is -0.208. The SMILES string of the molecule is C#Cc1ccc(NC(=O)CC2C[C@@H]3CC(c4ccnc5ccc(F)cc45)C[C@@H]3C2)cc1. The third-order valence-electron chi connectivity index (χ3n) is 7.10. The maximum Gasteiger partial charge on any atom is 0.224 e. The predicted octanol–water partition coefficient (Wildman–Crippen LogP) is 5.90. The molecule has 0 bridgehead atoms. The summed E-state index contributed by atoms with van der Waals surface area (Å²) in [6, 6.07) is 14.3. The quantitative estimate of drug-likeness (QED) is 0.542. The molecule has 2 aromatic carbocycles. The molecule has 3 aromatic rings. The lowest BCUT2D eigenvalue weighted by atomic mass is 9.89. The van der Waals surface area contributed by atoms with Gasteiger partial charge in [-0.15, -0.1) is 6.42 Å². The van der Waals surface area contributed by atoms with Gasteiger partial charge in [-0.1, -0.05) is 5.92 Å². The van der Waals surface area contributed by atoms with Gasteiger partial charge in [-0.3, -0.25) is 9.78 Å². The van der Waals surface area contributed by atoms with Crippen molar-refractivity contribution >= 4 is 22.5 Å². The highest BCUT2D eigenvalue weighted by Crippen LogP contribution is 2.53. The monoisotopic (exact) mass is 412 g/mol. The molecule has 2 fully saturated rings. The highest BCUT2D eigenvalue weighted by Gasteiger charge is 2.42. The zero-order valence-corrected chi connectivity index (χ0v) is 17.4. The first kappa shape index (κ1) is 19.8. The number of hydrogen-bond donors (Lipinski definition) is 1. The summed E-state index contributed by atoms with van der Waals surface area (Å²) in [5.74, 6) is 4.63. The standard InChI is InChI=1S/C27H25FN2O/c1-2-17-3-6-23(7-4-17)30-27(31)13-18-11-19-14-21(15-20(19)12-18)24-9-10-29-26-8-5-22(28)16-25(24)26/h1,3-10,16,18-21H,11-15H2,(H,30,31)/t18?,19-,20+,21?. The number of benzene rings is 2. The first-order valence-electron chi connectivity index (χ1n) is 11.0. The van der Waals surface area contributed by atoms with E-state index < -0.39 is 0 Å². The second-order valence-electron chi connectivity index (χ2n) is 9.06. The van der Waals surface area contributed by atoms with Crippen LogP contribution in [-0.4, -0.2) is 10.9 Å². The van der Waals surface area contributed by atoms with Crippen molar-refractivity contribution in [3.05, 3.63) is 71.7 Å². The van der Waals surface area contributed by atoms with E-state index in [1.54, 1.807) is 12.1 Å². The zero-order valence-electron chi connectivity index (χ0n) is 17.4. The maximum atomic E-state index is 13.8. The number of pyridine rings is 1. The Hall–Kier alpha value is -3.19. The number of halogens is 1. The second-order valence-corrected chi connectivity index (χ2v) is 9.06. The second kappa shape index (κ2) is 8.15. The Labute approximate surface area is 182 Å². The Kier molecular flexibility index (Phi) is 5.19. The van der Waals surface area contributed by atoms with Gasteiger partial charge in [0.15, 0.2) is 0 Å². The van der Waals surface area contributed by atoms with Crippen LogP contribution in [-0.2, 0) is 4.79 Å². The number of hydrogen-bond acceptors (Lipinski definition) is 2. The molecule has 0 aliphatic heterocycles. The molecule has 2 unspecified atom stereocenters. The Morgan fingerprint density at radius 3 is 2.52 bits per heavy atom. The first-order chi connectivity index (χ1) is 15.1. The summed E-state index contributed by atoms with van der Waals surface area (Å²) < 4.78 is 13.8. The summed E-state index contributed by atoms with van der Waals surface area (Å²) in [4.78, 5) is 16.9. The van der Waals surface area contributed by atoms with Crippen LogP contribution in [0.2, 0.25) is 0 Å². The van der Waals surface area contributed by atoms with Gasteiger partial charge in [-0.25, -0.2) is 4.39 Å². The molecule has 0 saturated heterocycles. The molecule has 2 aliphatic rings. The number of rotatable bonds is 4. The van der Waals surface area contributed by atoms with E-state index in [-0.39, 0.29) is 11.7 Å². The molecular formula is C27H25FN2O. The van der Waals surface area contributed by atoms with Crippen molar-refractivity contribution in [3.63, 3.8) is 0 Å². The number of aromatic nitrogens is 1. The van der Waals surface area contributed by atoms with E-state index in [2.05, 4.69) is 22.3 Å². The number of terminal acetylenes is 1. The highest BCUT2D eigenvalue weighted by molar-refractivity contribution is 5.91. The van der Waals surface area contributed by atoms with Crippen molar-refractivity contribution in [1.29, 1.82) is 0 Å². The Morgan fingerprint density at radius 2 is 1.81 bits per heavy atom. The topological polar surface area (TPSA) is 42.0 Å². The number of amides is 1. The fourth-order valence-electron chi connectivity index (χ4n) is 5.78. The molecule has 1 aromatic heterocycles. The fourth-order valence-corrected chi connectivity index (χ4v) is 5.78. The minimum absolute atomic E-state index is 0.0746. The lowest BCUT2D eigenvalue weighted by Gasteiger charge is -2.17. The van der Waals surface area contributed by atoms with E-state index in [0.717, 1.165) is 47.8 Å². The van der Waals surface area contributed by atoms with Crippen LogP contribution < -0.4 is 5.32 Å². The van der Waals surface area contributed by atoms with Gasteiger partial charge in [-0.2, -0.15) is 0 Å². The summed E-state index contributed by atoms with van der Waals surface area (Å²) in [5.41, 5.74) is 3.68. The largest absolute Gasteiger partial charge is 0.326 e. The van der Waals surface area contributed by atoms with Crippen molar-refractivity contribution < 1.29 is 9.18 Å². The van der Waals surface area contributed by atoms with Crippen molar-refractivity contribution in [2.45, 2.75) is 38.0 Å². The summed E-state index contributed by atoms with van der Waals surface area (Å²) in [7, 11) is 0. The van der Waals surface area contributed by atoms with Crippen LogP contribution in [0.3, 0.4) is 0 Å². The van der Waals surface area contributed by atoms with E-state index in [1.807, 2.05) is 30.5 Å². The number of nitrogens with one attached hydrogen (secondary N) is 1. The average Bonchev–Trinajstić information content (AvgIpc) is 3.32. The molecule has 5 rings (SSSR count). The van der Waals surface area contributed by atoms with E-state index in [4.69, 9.17) is 6.42 Å². The van der Waals surface area contributed by atoms with Crippen LogP contribution in [0.15, 0.2) is 54.7 Å². The molecule has 4 heteroatoms. The van der Waals surface area contributed by atoms with Gasteiger partial charge in [0, 0.05) is 29.3 Å². The van der Waals surface area contributed by atoms with Crippen molar-refractivity contribution in [1.82, 2.24) is 4.98 Å². The van der Waals surface area contributed by atoms with Crippen molar-refractivity contribution in [2.75, 3.05) is 5.32 Å². The van der Waals surface area contributed by atoms with Gasteiger partial charge in [0.25, 0.3) is 0 Å². The van der Waals surface area contributed by atoms with Gasteiger partial charge < -0.3 is 5.32 Å². The number of carbonyl (C=O) groups excluding carboxylic acids is 1. The molecule has 0 spiro atoms. The molecule has 1 amide bonds. The molecule has 2 saturated carbocycles. The number of anilines is 1. The third-order valence-corrected chi connectivity index (χ3v) is 7.10. The van der Waals surface area contributed by atoms with Gasteiger partial charge in [0.05, 0.1) is 5.52 Å². The van der Waals surface area contributed by atoms with Gasteiger partial charge in [0.2, 0.25) is 5.91 Å². The lowest BCUT2D eigenvalue weighted by Crippen LogP contribution is -2.15.